The Bertz CT molecular complexity index is 717. The second-order valence-corrected chi connectivity index (χ2v) is 8.84. The van der Waals surface area contributed by atoms with E-state index in [2.05, 4.69) is 0 Å². The summed E-state index contributed by atoms with van der Waals surface area (Å²) in [6.07, 6.45) is 7.14. The first kappa shape index (κ1) is 15.6. The molecule has 4 saturated carbocycles. The first-order valence-electron chi connectivity index (χ1n) is 9.56. The Balaban J connectivity index is 1.41. The molecule has 132 valence electrons. The third-order valence-electron chi connectivity index (χ3n) is 7.02. The number of carbonyl (C=O) groups excluding carboxylic acids is 2. The Morgan fingerprint density at radius 3 is 2.28 bits per heavy atom. The average molecular weight is 340 g/mol. The van der Waals surface area contributed by atoms with Crippen LogP contribution in [0.5, 0.6) is 0 Å². The number of benzene rings is 1. The Kier molecular flexibility index (Phi) is 3.22. The predicted molar refractivity (Wildman–Crippen MR) is 91.0 cm³/mol. The Labute approximate surface area is 147 Å². The molecule has 5 aliphatic carbocycles. The molecule has 1 atom stereocenters. The number of hydrogen-bond donors (Lipinski definition) is 1. The highest BCUT2D eigenvalue weighted by atomic mass is 16.6. The van der Waals surface area contributed by atoms with Gasteiger partial charge in [0.1, 0.15) is 5.60 Å². The fraction of sp³-hybridized carbons (Fsp3) is 0.619. The number of carbonyl (C=O) groups is 2. The van der Waals surface area contributed by atoms with Crippen molar-refractivity contribution in [1.82, 2.24) is 0 Å². The summed E-state index contributed by atoms with van der Waals surface area (Å²) in [7, 11) is 0. The minimum atomic E-state index is -2.02. The molecule has 5 aliphatic rings. The fourth-order valence-electron chi connectivity index (χ4n) is 6.24. The van der Waals surface area contributed by atoms with Gasteiger partial charge in [0.05, 0.1) is 0 Å². The highest BCUT2D eigenvalue weighted by molar-refractivity contribution is 6.16. The molecule has 0 aliphatic heterocycles. The number of aryl methyl sites for hydroxylation is 1. The van der Waals surface area contributed by atoms with E-state index in [0.717, 1.165) is 24.8 Å². The van der Waals surface area contributed by atoms with Crippen LogP contribution in [0.1, 0.15) is 60.9 Å². The smallest absolute Gasteiger partial charge is 0.346 e. The van der Waals surface area contributed by atoms with Gasteiger partial charge >= 0.3 is 5.97 Å². The molecule has 1 aromatic carbocycles. The lowest BCUT2D eigenvalue weighted by molar-refractivity contribution is -0.200. The molecular weight excluding hydrogens is 316 g/mol. The summed E-state index contributed by atoms with van der Waals surface area (Å²) < 4.78 is 5.97. The van der Waals surface area contributed by atoms with Gasteiger partial charge in [-0.2, -0.15) is 0 Å². The van der Waals surface area contributed by atoms with Crippen LogP contribution < -0.4 is 0 Å². The van der Waals surface area contributed by atoms with Crippen LogP contribution in [-0.4, -0.2) is 28.1 Å². The van der Waals surface area contributed by atoms with Crippen LogP contribution in [-0.2, 0) is 16.0 Å². The van der Waals surface area contributed by atoms with E-state index in [9.17, 15) is 14.7 Å². The zero-order chi connectivity index (χ0) is 17.2. The van der Waals surface area contributed by atoms with Gasteiger partial charge in [-0.1, -0.05) is 24.3 Å². The van der Waals surface area contributed by atoms with Crippen LogP contribution in [0.25, 0.3) is 0 Å². The zero-order valence-electron chi connectivity index (χ0n) is 14.4. The van der Waals surface area contributed by atoms with Crippen molar-refractivity contribution in [1.29, 1.82) is 0 Å². The van der Waals surface area contributed by atoms with Crippen LogP contribution in [0.3, 0.4) is 0 Å². The largest absolute Gasteiger partial charge is 0.457 e. The first-order chi connectivity index (χ1) is 12.0. The number of esters is 1. The molecule has 1 unspecified atom stereocenters. The van der Waals surface area contributed by atoms with E-state index >= 15 is 0 Å². The maximum Gasteiger partial charge on any atom is 0.346 e. The number of ketones is 1. The molecule has 4 nitrogen and oxygen atoms in total. The van der Waals surface area contributed by atoms with Gasteiger partial charge in [-0.3, -0.25) is 4.79 Å². The molecule has 1 N–H and O–H groups in total. The van der Waals surface area contributed by atoms with Gasteiger partial charge in [0.25, 0.3) is 0 Å². The van der Waals surface area contributed by atoms with Crippen LogP contribution >= 0.6 is 0 Å². The van der Waals surface area contributed by atoms with Crippen molar-refractivity contribution < 1.29 is 19.4 Å². The number of Topliss-reactive ketones (excluding diaryl/α,β-unsaturated/α-hetero) is 1. The standard InChI is InChI=1S/C21H24O4/c22-18-17-4-2-1-3-16(17)5-6-21(18,24)19(23)25-20-10-13-7-14(11-20)9-15(8-13)12-20/h1-4,13-15,24H,5-12H2. The predicted octanol–water partition coefficient (Wildman–Crippen LogP) is 3.06. The summed E-state index contributed by atoms with van der Waals surface area (Å²) in [4.78, 5) is 25.7. The van der Waals surface area contributed by atoms with Gasteiger partial charge in [-0.15, -0.1) is 0 Å². The van der Waals surface area contributed by atoms with E-state index in [1.54, 1.807) is 12.1 Å². The minimum Gasteiger partial charge on any atom is -0.457 e. The lowest BCUT2D eigenvalue weighted by Crippen LogP contribution is -2.58. The van der Waals surface area contributed by atoms with Crippen molar-refractivity contribution in [3.63, 3.8) is 0 Å². The van der Waals surface area contributed by atoms with E-state index in [1.165, 1.54) is 19.3 Å². The van der Waals surface area contributed by atoms with Gasteiger partial charge in [0.15, 0.2) is 0 Å². The third kappa shape index (κ3) is 2.30. The number of rotatable bonds is 2. The fourth-order valence-corrected chi connectivity index (χ4v) is 6.24. The first-order valence-corrected chi connectivity index (χ1v) is 9.56. The molecule has 1 aromatic rings. The van der Waals surface area contributed by atoms with Crippen LogP contribution in [0, 0.1) is 17.8 Å². The Hall–Kier alpha value is -1.68. The van der Waals surface area contributed by atoms with E-state index in [1.807, 2.05) is 12.1 Å². The van der Waals surface area contributed by atoms with Crippen molar-refractivity contribution in [2.24, 2.45) is 17.8 Å². The second-order valence-electron chi connectivity index (χ2n) is 8.84. The SMILES string of the molecule is O=C(OC12CC3CC(CC(C3)C1)C2)C1(O)CCc2ccccc2C1=O. The van der Waals surface area contributed by atoms with E-state index in [4.69, 9.17) is 4.74 Å². The quantitative estimate of drug-likeness (QED) is 0.664. The highest BCUT2D eigenvalue weighted by Crippen LogP contribution is 2.57. The summed E-state index contributed by atoms with van der Waals surface area (Å²) in [6.45, 7) is 0. The zero-order valence-corrected chi connectivity index (χ0v) is 14.4. The van der Waals surface area contributed by atoms with Crippen molar-refractivity contribution in [2.45, 2.75) is 62.6 Å². The van der Waals surface area contributed by atoms with Gasteiger partial charge in [-0.25, -0.2) is 4.79 Å². The molecule has 0 heterocycles. The molecule has 0 spiro atoms. The monoisotopic (exact) mass is 340 g/mol. The molecule has 6 rings (SSSR count). The number of fused-ring (bicyclic) bond motifs is 1. The molecule has 4 bridgehead atoms. The number of hydrogen-bond acceptors (Lipinski definition) is 4. The van der Waals surface area contributed by atoms with Gasteiger partial charge < -0.3 is 9.84 Å². The molecule has 25 heavy (non-hydrogen) atoms. The number of aliphatic hydroxyl groups is 1. The summed E-state index contributed by atoms with van der Waals surface area (Å²) in [6, 6.07) is 7.23. The number of ether oxygens (including phenoxy) is 1. The normalized spacial score (nSPS) is 41.5. The Morgan fingerprint density at radius 1 is 1.04 bits per heavy atom. The molecule has 0 radical (unpaired) electrons. The lowest BCUT2D eigenvalue weighted by Gasteiger charge is -2.56. The van der Waals surface area contributed by atoms with Crippen molar-refractivity contribution in [3.05, 3.63) is 35.4 Å². The average Bonchev–Trinajstić information content (AvgIpc) is 2.57. The van der Waals surface area contributed by atoms with Crippen molar-refractivity contribution >= 4 is 11.8 Å². The summed E-state index contributed by atoms with van der Waals surface area (Å²) in [5.41, 5.74) is -1.09. The van der Waals surface area contributed by atoms with Gasteiger partial charge in [-0.05, 0) is 74.7 Å². The van der Waals surface area contributed by atoms with Gasteiger partial charge in [0, 0.05) is 5.56 Å². The molecule has 0 aromatic heterocycles. The molecular formula is C21H24O4. The third-order valence-corrected chi connectivity index (χ3v) is 7.02. The highest BCUT2D eigenvalue weighted by Gasteiger charge is 2.56. The van der Waals surface area contributed by atoms with E-state index < -0.39 is 23.0 Å². The van der Waals surface area contributed by atoms with Crippen LogP contribution in [0.4, 0.5) is 0 Å². The van der Waals surface area contributed by atoms with Crippen molar-refractivity contribution in [3.8, 4) is 0 Å². The maximum absolute atomic E-state index is 12.9. The minimum absolute atomic E-state index is 0.119. The Morgan fingerprint density at radius 2 is 1.64 bits per heavy atom. The van der Waals surface area contributed by atoms with Crippen molar-refractivity contribution in [2.75, 3.05) is 0 Å². The molecule has 4 heteroatoms. The summed E-state index contributed by atoms with van der Waals surface area (Å²) in [5, 5.41) is 10.9. The van der Waals surface area contributed by atoms with E-state index in [-0.39, 0.29) is 6.42 Å². The lowest BCUT2D eigenvalue weighted by atomic mass is 9.54. The van der Waals surface area contributed by atoms with Crippen LogP contribution in [0.2, 0.25) is 0 Å². The van der Waals surface area contributed by atoms with Gasteiger partial charge in [0.2, 0.25) is 11.4 Å². The topological polar surface area (TPSA) is 63.6 Å². The maximum atomic E-state index is 12.9. The second kappa shape index (κ2) is 5.16. The molecule has 0 amide bonds. The van der Waals surface area contributed by atoms with Crippen LogP contribution in [0.15, 0.2) is 24.3 Å². The molecule has 4 fully saturated rings. The molecule has 0 saturated heterocycles. The summed E-state index contributed by atoms with van der Waals surface area (Å²) in [5.74, 6) is 0.738. The summed E-state index contributed by atoms with van der Waals surface area (Å²) >= 11 is 0. The van der Waals surface area contributed by atoms with E-state index in [0.29, 0.717) is 29.7 Å².